The summed E-state index contributed by atoms with van der Waals surface area (Å²) < 4.78 is 11.2. The van der Waals surface area contributed by atoms with Crippen molar-refractivity contribution in [2.24, 2.45) is 0 Å². The van der Waals surface area contributed by atoms with Gasteiger partial charge in [-0.25, -0.2) is 0 Å². The number of nitrogens with zero attached hydrogens (tertiary/aromatic N) is 2. The van der Waals surface area contributed by atoms with Crippen molar-refractivity contribution >= 4 is 5.97 Å². The van der Waals surface area contributed by atoms with Gasteiger partial charge in [0, 0.05) is 37.3 Å². The number of rotatable bonds is 7. The molecule has 2 atom stereocenters. The number of benzene rings is 1. The van der Waals surface area contributed by atoms with Gasteiger partial charge in [-0.15, -0.1) is 0 Å². The minimum atomic E-state index is -0.850. The molecule has 0 amide bonds. The molecule has 0 spiro atoms. The fourth-order valence-electron chi connectivity index (χ4n) is 3.27. The summed E-state index contributed by atoms with van der Waals surface area (Å²) in [6, 6.07) is 4.87. The van der Waals surface area contributed by atoms with Crippen molar-refractivity contribution in [1.82, 2.24) is 9.80 Å². The molecule has 0 aliphatic carbocycles. The lowest BCUT2D eigenvalue weighted by Gasteiger charge is -2.41. The highest BCUT2D eigenvalue weighted by atomic mass is 16.5. The van der Waals surface area contributed by atoms with Gasteiger partial charge in [0.25, 0.3) is 0 Å². The van der Waals surface area contributed by atoms with E-state index in [0.717, 1.165) is 13.1 Å². The summed E-state index contributed by atoms with van der Waals surface area (Å²) >= 11 is 0. The maximum Gasteiger partial charge on any atom is 0.325 e. The Labute approximate surface area is 144 Å². The van der Waals surface area contributed by atoms with Gasteiger partial charge >= 0.3 is 5.97 Å². The van der Waals surface area contributed by atoms with E-state index in [-0.39, 0.29) is 6.04 Å². The molecule has 0 aromatic heterocycles. The van der Waals surface area contributed by atoms with Gasteiger partial charge in [0.15, 0.2) is 0 Å². The molecule has 1 aliphatic heterocycles. The van der Waals surface area contributed by atoms with E-state index in [1.54, 1.807) is 6.07 Å². The number of hydrogen-bond donors (Lipinski definition) is 1. The minimum Gasteiger partial charge on any atom is -0.494 e. The van der Waals surface area contributed by atoms with Gasteiger partial charge < -0.3 is 19.5 Å². The second-order valence-electron chi connectivity index (χ2n) is 6.16. The van der Waals surface area contributed by atoms with Crippen molar-refractivity contribution in [1.29, 1.82) is 0 Å². The van der Waals surface area contributed by atoms with Crippen LogP contribution >= 0.6 is 0 Å². The highest BCUT2D eigenvalue weighted by Gasteiger charge is 2.35. The second-order valence-corrected chi connectivity index (χ2v) is 6.16. The Kier molecular flexibility index (Phi) is 6.45. The van der Waals surface area contributed by atoms with Gasteiger partial charge in [-0.05, 0) is 40.0 Å². The van der Waals surface area contributed by atoms with Gasteiger partial charge in [-0.2, -0.15) is 0 Å². The smallest absolute Gasteiger partial charge is 0.325 e. The zero-order chi connectivity index (χ0) is 17.7. The molecule has 1 aliphatic rings. The van der Waals surface area contributed by atoms with Crippen molar-refractivity contribution in [2.45, 2.75) is 32.9 Å². The number of carboxylic acids is 1. The van der Waals surface area contributed by atoms with Crippen LogP contribution in [0.4, 0.5) is 0 Å². The third kappa shape index (κ3) is 4.19. The first-order chi connectivity index (χ1) is 11.5. The number of piperazine rings is 1. The van der Waals surface area contributed by atoms with Gasteiger partial charge in [-0.1, -0.05) is 0 Å². The fourth-order valence-corrected chi connectivity index (χ4v) is 3.27. The molecule has 0 radical (unpaired) electrons. The third-order valence-corrected chi connectivity index (χ3v) is 4.34. The van der Waals surface area contributed by atoms with E-state index in [0.29, 0.717) is 36.8 Å². The first-order valence-corrected chi connectivity index (χ1v) is 8.54. The average molecular weight is 336 g/mol. The molecule has 0 saturated carbocycles. The molecule has 6 heteroatoms. The Bertz CT molecular complexity index is 564. The van der Waals surface area contributed by atoms with Crippen molar-refractivity contribution in [2.75, 3.05) is 39.9 Å². The minimum absolute atomic E-state index is 0.158. The summed E-state index contributed by atoms with van der Waals surface area (Å²) in [6.07, 6.45) is 0. The van der Waals surface area contributed by atoms with Gasteiger partial charge in [0.05, 0.1) is 13.2 Å². The lowest BCUT2D eigenvalue weighted by molar-refractivity contribution is -0.145. The first kappa shape index (κ1) is 18.5. The quantitative estimate of drug-likeness (QED) is 0.824. The Morgan fingerprint density at radius 2 is 2.00 bits per heavy atom. The maximum absolute atomic E-state index is 12.1. The van der Waals surface area contributed by atoms with Crippen LogP contribution in [-0.2, 0) is 4.79 Å². The van der Waals surface area contributed by atoms with Gasteiger partial charge in [0.1, 0.15) is 17.5 Å². The highest BCUT2D eigenvalue weighted by molar-refractivity contribution is 5.77. The predicted octanol–water partition coefficient (Wildman–Crippen LogP) is 2.25. The van der Waals surface area contributed by atoms with Crippen LogP contribution in [-0.4, -0.2) is 66.8 Å². The Morgan fingerprint density at radius 1 is 1.29 bits per heavy atom. The lowest BCUT2D eigenvalue weighted by atomic mass is 10.0. The molecular weight excluding hydrogens is 308 g/mol. The Balaban J connectivity index is 2.38. The maximum atomic E-state index is 12.1. The normalized spacial score (nSPS) is 20.6. The van der Waals surface area contributed by atoms with E-state index in [1.165, 1.54) is 0 Å². The van der Waals surface area contributed by atoms with E-state index in [1.807, 2.05) is 30.9 Å². The number of aliphatic carboxylic acids is 1. The van der Waals surface area contributed by atoms with Crippen molar-refractivity contribution in [3.63, 3.8) is 0 Å². The lowest BCUT2D eigenvalue weighted by Crippen LogP contribution is -2.53. The zero-order valence-corrected chi connectivity index (χ0v) is 15.0. The largest absolute Gasteiger partial charge is 0.494 e. The molecule has 134 valence electrons. The van der Waals surface area contributed by atoms with Gasteiger partial charge in [-0.3, -0.25) is 9.69 Å². The number of carbonyl (C=O) groups is 1. The molecule has 2 rings (SSSR count). The van der Waals surface area contributed by atoms with Crippen LogP contribution in [0.2, 0.25) is 0 Å². The third-order valence-electron chi connectivity index (χ3n) is 4.34. The van der Waals surface area contributed by atoms with E-state index in [4.69, 9.17) is 9.47 Å². The molecule has 2 unspecified atom stereocenters. The van der Waals surface area contributed by atoms with Crippen molar-refractivity contribution in [3.8, 4) is 11.5 Å². The van der Waals surface area contributed by atoms with E-state index in [2.05, 4.69) is 18.9 Å². The number of hydrogen-bond acceptors (Lipinski definition) is 5. The fraction of sp³-hybridized carbons (Fsp3) is 0.611. The Hall–Kier alpha value is -1.79. The summed E-state index contributed by atoms with van der Waals surface area (Å²) in [5, 5.41) is 9.89. The van der Waals surface area contributed by atoms with Crippen LogP contribution in [0, 0.1) is 0 Å². The van der Waals surface area contributed by atoms with E-state index < -0.39 is 12.0 Å². The highest BCUT2D eigenvalue weighted by Crippen LogP contribution is 2.35. The summed E-state index contributed by atoms with van der Waals surface area (Å²) in [6.45, 7) is 9.34. The van der Waals surface area contributed by atoms with Crippen LogP contribution < -0.4 is 9.47 Å². The van der Waals surface area contributed by atoms with E-state index in [9.17, 15) is 9.90 Å². The summed E-state index contributed by atoms with van der Waals surface area (Å²) in [5.41, 5.74) is 0.684. The molecule has 1 heterocycles. The van der Waals surface area contributed by atoms with Crippen LogP contribution in [0.15, 0.2) is 18.2 Å². The Morgan fingerprint density at radius 3 is 2.58 bits per heavy atom. The molecule has 6 nitrogen and oxygen atoms in total. The van der Waals surface area contributed by atoms with E-state index >= 15 is 0 Å². The molecule has 1 aromatic carbocycles. The number of carboxylic acid groups (broad SMARTS) is 1. The second kappa shape index (κ2) is 8.35. The molecule has 1 aromatic rings. The number of ether oxygens (including phenoxy) is 2. The predicted molar refractivity (Wildman–Crippen MR) is 92.8 cm³/mol. The zero-order valence-electron chi connectivity index (χ0n) is 15.0. The summed E-state index contributed by atoms with van der Waals surface area (Å²) in [4.78, 5) is 16.3. The van der Waals surface area contributed by atoms with Crippen LogP contribution in [0.3, 0.4) is 0 Å². The molecule has 1 saturated heterocycles. The van der Waals surface area contributed by atoms with Crippen molar-refractivity contribution in [3.05, 3.63) is 23.8 Å². The van der Waals surface area contributed by atoms with Gasteiger partial charge in [0.2, 0.25) is 0 Å². The van der Waals surface area contributed by atoms with Crippen LogP contribution in [0.5, 0.6) is 11.5 Å². The monoisotopic (exact) mass is 336 g/mol. The molecule has 0 bridgehead atoms. The summed E-state index contributed by atoms with van der Waals surface area (Å²) in [5.74, 6) is 0.429. The average Bonchev–Trinajstić information content (AvgIpc) is 2.52. The molecule has 1 N–H and O–H groups in total. The SMILES string of the molecule is CCOc1ccc(C(C(=O)O)N2CCN(C)CC2C)c(OCC)c1. The summed E-state index contributed by atoms with van der Waals surface area (Å²) in [7, 11) is 2.06. The number of likely N-dealkylation sites (N-methyl/N-ethyl adjacent to an activating group) is 1. The molecule has 24 heavy (non-hydrogen) atoms. The molecular formula is C18H28N2O4. The topological polar surface area (TPSA) is 62.2 Å². The standard InChI is InChI=1S/C18H28N2O4/c1-5-23-14-7-8-15(16(11-14)24-6-2)17(18(21)22)20-10-9-19(4)12-13(20)3/h7-8,11,13,17H,5-6,9-10,12H2,1-4H3,(H,21,22). The van der Waals surface area contributed by atoms with Crippen LogP contribution in [0.1, 0.15) is 32.4 Å². The van der Waals surface area contributed by atoms with Crippen molar-refractivity contribution < 1.29 is 19.4 Å². The van der Waals surface area contributed by atoms with Crippen LogP contribution in [0.25, 0.3) is 0 Å². The molecule has 1 fully saturated rings. The first-order valence-electron chi connectivity index (χ1n) is 8.54.